The molecule has 0 radical (unpaired) electrons. The maximum atomic E-state index is 9.41. The SMILES string of the molecule is OCC(O)CC[S+]1CC(O)CC1CO. The Kier molecular flexibility index (Phi) is 5.19. The molecule has 4 atom stereocenters. The molecule has 84 valence electrons. The van der Waals surface area contributed by atoms with Crippen LogP contribution in [0.25, 0.3) is 0 Å². The number of rotatable bonds is 5. The lowest BCUT2D eigenvalue weighted by molar-refractivity contribution is 0.0930. The molecule has 1 saturated heterocycles. The molecule has 4 N–H and O–H groups in total. The first-order valence-corrected chi connectivity index (χ1v) is 6.54. The molecule has 0 spiro atoms. The summed E-state index contributed by atoms with van der Waals surface area (Å²) >= 11 is 0. The number of aliphatic hydroxyl groups excluding tert-OH is 4. The van der Waals surface area contributed by atoms with Crippen molar-refractivity contribution in [3.8, 4) is 0 Å². The molecule has 0 aliphatic carbocycles. The summed E-state index contributed by atoms with van der Waals surface area (Å²) in [4.78, 5) is 0. The van der Waals surface area contributed by atoms with Crippen molar-refractivity contribution in [2.75, 3.05) is 24.7 Å². The summed E-state index contributed by atoms with van der Waals surface area (Å²) in [7, 11) is 0.0115. The van der Waals surface area contributed by atoms with Gasteiger partial charge in [-0.25, -0.2) is 0 Å². The van der Waals surface area contributed by atoms with Gasteiger partial charge in [0, 0.05) is 12.8 Å². The van der Waals surface area contributed by atoms with Gasteiger partial charge in [-0.3, -0.25) is 0 Å². The minimum absolute atomic E-state index is 0.0115. The molecule has 1 heterocycles. The minimum atomic E-state index is -0.653. The Balaban J connectivity index is 2.28. The molecule has 0 amide bonds. The van der Waals surface area contributed by atoms with E-state index in [1.54, 1.807) is 0 Å². The highest BCUT2D eigenvalue weighted by Gasteiger charge is 2.41. The van der Waals surface area contributed by atoms with E-state index in [2.05, 4.69) is 0 Å². The fraction of sp³-hybridized carbons (Fsp3) is 1.00. The van der Waals surface area contributed by atoms with Crippen molar-refractivity contribution < 1.29 is 20.4 Å². The van der Waals surface area contributed by atoms with E-state index in [4.69, 9.17) is 10.2 Å². The molecular weight excluding hydrogens is 204 g/mol. The average molecular weight is 223 g/mol. The monoisotopic (exact) mass is 223 g/mol. The topological polar surface area (TPSA) is 80.9 Å². The second-order valence-electron chi connectivity index (χ2n) is 3.73. The lowest BCUT2D eigenvalue weighted by Gasteiger charge is -2.10. The van der Waals surface area contributed by atoms with Crippen molar-refractivity contribution >= 4 is 10.9 Å². The fourth-order valence-corrected chi connectivity index (χ4v) is 4.38. The minimum Gasteiger partial charge on any atom is -0.394 e. The zero-order chi connectivity index (χ0) is 10.6. The molecule has 14 heavy (non-hydrogen) atoms. The molecule has 1 aliphatic rings. The molecule has 0 saturated carbocycles. The maximum absolute atomic E-state index is 9.41. The van der Waals surface area contributed by atoms with Crippen molar-refractivity contribution in [2.24, 2.45) is 0 Å². The molecule has 1 aliphatic heterocycles. The Morgan fingerprint density at radius 2 is 2.07 bits per heavy atom. The third-order valence-corrected chi connectivity index (χ3v) is 5.40. The van der Waals surface area contributed by atoms with Crippen LogP contribution in [0, 0.1) is 0 Å². The molecule has 0 aromatic heterocycles. The molecule has 5 heteroatoms. The van der Waals surface area contributed by atoms with Gasteiger partial charge in [-0.2, -0.15) is 0 Å². The van der Waals surface area contributed by atoms with Gasteiger partial charge in [-0.05, 0) is 10.9 Å². The van der Waals surface area contributed by atoms with E-state index < -0.39 is 6.10 Å². The first kappa shape index (κ1) is 12.3. The van der Waals surface area contributed by atoms with Crippen LogP contribution in [0.4, 0.5) is 0 Å². The van der Waals surface area contributed by atoms with Gasteiger partial charge in [-0.15, -0.1) is 0 Å². The van der Waals surface area contributed by atoms with Crippen LogP contribution in [0.5, 0.6) is 0 Å². The Morgan fingerprint density at radius 1 is 1.36 bits per heavy atom. The Morgan fingerprint density at radius 3 is 2.64 bits per heavy atom. The lowest BCUT2D eigenvalue weighted by Crippen LogP contribution is -2.26. The number of hydrogen-bond donors (Lipinski definition) is 4. The molecule has 1 rings (SSSR count). The van der Waals surface area contributed by atoms with Crippen LogP contribution in [0.2, 0.25) is 0 Å². The van der Waals surface area contributed by atoms with Gasteiger partial charge in [0.15, 0.2) is 0 Å². The standard InChI is InChI=1S/C9H19O4S/c10-4-7(12)1-2-14-6-8(13)3-9(14)5-11/h7-13H,1-6H2/q+1. The number of aliphatic hydroxyl groups is 4. The van der Waals surface area contributed by atoms with Crippen LogP contribution in [-0.2, 0) is 10.9 Å². The highest BCUT2D eigenvalue weighted by atomic mass is 32.2. The Hall–Kier alpha value is 0.190. The van der Waals surface area contributed by atoms with Crippen molar-refractivity contribution in [1.82, 2.24) is 0 Å². The third kappa shape index (κ3) is 3.40. The number of hydrogen-bond acceptors (Lipinski definition) is 4. The lowest BCUT2D eigenvalue weighted by atomic mass is 10.2. The van der Waals surface area contributed by atoms with E-state index >= 15 is 0 Å². The molecule has 0 bridgehead atoms. The molecule has 1 fully saturated rings. The van der Waals surface area contributed by atoms with E-state index in [1.807, 2.05) is 0 Å². The van der Waals surface area contributed by atoms with Crippen LogP contribution in [0.1, 0.15) is 12.8 Å². The van der Waals surface area contributed by atoms with Crippen LogP contribution in [0.15, 0.2) is 0 Å². The molecular formula is C9H19O4S+. The summed E-state index contributed by atoms with van der Waals surface area (Å²) in [5.74, 6) is 1.54. The smallest absolute Gasteiger partial charge is 0.143 e. The molecule has 0 aromatic carbocycles. The van der Waals surface area contributed by atoms with E-state index in [0.717, 1.165) is 11.5 Å². The normalized spacial score (nSPS) is 34.7. The predicted octanol–water partition coefficient (Wildman–Crippen LogP) is -1.53. The summed E-state index contributed by atoms with van der Waals surface area (Å²) in [6.45, 7) is -0.0844. The Labute approximate surface area is 86.9 Å². The average Bonchev–Trinajstić information content (AvgIpc) is 2.55. The van der Waals surface area contributed by atoms with Crippen LogP contribution in [0.3, 0.4) is 0 Å². The second kappa shape index (κ2) is 5.92. The largest absolute Gasteiger partial charge is 0.394 e. The van der Waals surface area contributed by atoms with Crippen LogP contribution >= 0.6 is 0 Å². The van der Waals surface area contributed by atoms with Gasteiger partial charge in [0.05, 0.1) is 19.3 Å². The zero-order valence-electron chi connectivity index (χ0n) is 8.17. The first-order chi connectivity index (χ1) is 6.67. The molecule has 4 nitrogen and oxygen atoms in total. The van der Waals surface area contributed by atoms with E-state index in [-0.39, 0.29) is 35.5 Å². The van der Waals surface area contributed by atoms with Gasteiger partial charge in [0.1, 0.15) is 22.9 Å². The third-order valence-electron chi connectivity index (χ3n) is 2.54. The Bertz CT molecular complexity index is 167. The summed E-state index contributed by atoms with van der Waals surface area (Å²) in [6.07, 6.45) is 0.291. The highest BCUT2D eigenvalue weighted by molar-refractivity contribution is 7.97. The van der Waals surface area contributed by atoms with Crippen molar-refractivity contribution in [1.29, 1.82) is 0 Å². The van der Waals surface area contributed by atoms with Crippen molar-refractivity contribution in [3.05, 3.63) is 0 Å². The molecule has 0 aromatic rings. The maximum Gasteiger partial charge on any atom is 0.143 e. The van der Waals surface area contributed by atoms with E-state index in [1.165, 1.54) is 0 Å². The van der Waals surface area contributed by atoms with Gasteiger partial charge in [-0.1, -0.05) is 0 Å². The second-order valence-corrected chi connectivity index (χ2v) is 6.21. The quantitative estimate of drug-likeness (QED) is 0.426. The van der Waals surface area contributed by atoms with Gasteiger partial charge >= 0.3 is 0 Å². The summed E-state index contributed by atoms with van der Waals surface area (Å²) in [5, 5.41) is 36.5. The van der Waals surface area contributed by atoms with Gasteiger partial charge < -0.3 is 20.4 Å². The molecule has 4 unspecified atom stereocenters. The first-order valence-electron chi connectivity index (χ1n) is 4.91. The fourth-order valence-electron chi connectivity index (χ4n) is 1.70. The van der Waals surface area contributed by atoms with Crippen molar-refractivity contribution in [3.63, 3.8) is 0 Å². The highest BCUT2D eigenvalue weighted by Crippen LogP contribution is 2.23. The summed E-state index contributed by atoms with van der Waals surface area (Å²) in [5.41, 5.74) is 0. The summed E-state index contributed by atoms with van der Waals surface area (Å²) in [6, 6.07) is 0. The van der Waals surface area contributed by atoms with E-state index in [0.29, 0.717) is 12.8 Å². The predicted molar refractivity (Wildman–Crippen MR) is 56.3 cm³/mol. The van der Waals surface area contributed by atoms with Crippen LogP contribution < -0.4 is 0 Å². The van der Waals surface area contributed by atoms with Gasteiger partial charge in [0.25, 0.3) is 0 Å². The van der Waals surface area contributed by atoms with Gasteiger partial charge in [0.2, 0.25) is 0 Å². The van der Waals surface area contributed by atoms with Crippen LogP contribution in [-0.4, -0.2) is 62.6 Å². The zero-order valence-corrected chi connectivity index (χ0v) is 8.99. The summed E-state index contributed by atoms with van der Waals surface area (Å²) < 4.78 is 0. The van der Waals surface area contributed by atoms with E-state index in [9.17, 15) is 10.2 Å². The van der Waals surface area contributed by atoms with Crippen molar-refractivity contribution in [2.45, 2.75) is 30.3 Å².